The van der Waals surface area contributed by atoms with Gasteiger partial charge in [0.15, 0.2) is 5.96 Å². The molecule has 11 heteroatoms. The number of anilines is 1. The maximum atomic E-state index is 12.6. The van der Waals surface area contributed by atoms with E-state index in [0.717, 1.165) is 50.7 Å². The first-order valence-corrected chi connectivity index (χ1v) is 10.8. The molecule has 0 saturated carbocycles. The van der Waals surface area contributed by atoms with Crippen molar-refractivity contribution in [3.8, 4) is 5.88 Å². The fraction of sp³-hybridized carbons (Fsp3) is 0.500. The number of aliphatic imine (C=N–C) groups is 1. The Labute approximate surface area is 201 Å². The summed E-state index contributed by atoms with van der Waals surface area (Å²) in [7, 11) is 0. The van der Waals surface area contributed by atoms with Crippen LogP contribution in [-0.4, -0.2) is 49.8 Å². The molecule has 0 atom stereocenters. The zero-order chi connectivity index (χ0) is 21.4. The molecule has 0 radical (unpaired) electrons. The number of piperidine rings is 1. The van der Waals surface area contributed by atoms with Gasteiger partial charge in [-0.1, -0.05) is 0 Å². The van der Waals surface area contributed by atoms with Gasteiger partial charge >= 0.3 is 6.18 Å². The van der Waals surface area contributed by atoms with E-state index in [1.807, 2.05) is 6.92 Å². The van der Waals surface area contributed by atoms with Crippen LogP contribution in [0.1, 0.15) is 25.3 Å². The molecule has 1 aliphatic rings. The first kappa shape index (κ1) is 25.5. The van der Waals surface area contributed by atoms with E-state index < -0.39 is 11.7 Å². The quantitative estimate of drug-likeness (QED) is 0.224. The van der Waals surface area contributed by atoms with Gasteiger partial charge in [0.1, 0.15) is 6.61 Å². The number of ether oxygens (including phenoxy) is 1. The molecule has 0 bridgehead atoms. The number of thiophene rings is 1. The Bertz CT molecular complexity index is 794. The van der Waals surface area contributed by atoms with Gasteiger partial charge in [-0.2, -0.15) is 13.2 Å². The highest BCUT2D eigenvalue weighted by Crippen LogP contribution is 2.29. The molecule has 1 fully saturated rings. The molecule has 172 valence electrons. The van der Waals surface area contributed by atoms with Crippen LogP contribution < -0.4 is 20.3 Å². The van der Waals surface area contributed by atoms with E-state index in [1.54, 1.807) is 11.3 Å². The van der Waals surface area contributed by atoms with E-state index in [4.69, 9.17) is 4.74 Å². The highest BCUT2D eigenvalue weighted by atomic mass is 127. The molecule has 1 saturated heterocycles. The van der Waals surface area contributed by atoms with Crippen molar-refractivity contribution in [3.05, 3.63) is 41.4 Å². The molecule has 6 nitrogen and oxygen atoms in total. The number of hydrogen-bond donors (Lipinski definition) is 2. The van der Waals surface area contributed by atoms with Crippen LogP contribution in [0.4, 0.5) is 18.2 Å². The summed E-state index contributed by atoms with van der Waals surface area (Å²) in [6.45, 7) is 5.33. The molecule has 0 spiro atoms. The van der Waals surface area contributed by atoms with Gasteiger partial charge in [-0.15, -0.1) is 35.3 Å². The average Bonchev–Trinajstić information content (AvgIpc) is 3.26. The molecule has 0 aromatic carbocycles. The minimum Gasteiger partial charge on any atom is -0.476 e. The van der Waals surface area contributed by atoms with E-state index >= 15 is 0 Å². The van der Waals surface area contributed by atoms with Crippen LogP contribution in [0, 0.1) is 0 Å². The number of aromatic nitrogens is 1. The number of alkyl halides is 3. The van der Waals surface area contributed by atoms with Crippen molar-refractivity contribution in [2.24, 2.45) is 4.99 Å². The van der Waals surface area contributed by atoms with E-state index in [1.165, 1.54) is 11.1 Å². The highest BCUT2D eigenvalue weighted by molar-refractivity contribution is 14.0. The SMILES string of the molecule is CCNC(=NCCOc1ccc(C(F)(F)F)cn1)NC1CCN(c2cccs2)CC1.I. The number of hydrogen-bond acceptors (Lipinski definition) is 5. The lowest BCUT2D eigenvalue weighted by Crippen LogP contribution is -2.48. The van der Waals surface area contributed by atoms with E-state index in [9.17, 15) is 13.2 Å². The molecule has 31 heavy (non-hydrogen) atoms. The van der Waals surface area contributed by atoms with Crippen molar-refractivity contribution in [2.45, 2.75) is 32.0 Å². The maximum absolute atomic E-state index is 12.6. The Kier molecular flexibility index (Phi) is 10.1. The molecule has 3 rings (SSSR count). The number of guanidine groups is 1. The second-order valence-corrected chi connectivity index (χ2v) is 7.78. The predicted octanol–water partition coefficient (Wildman–Crippen LogP) is 4.38. The van der Waals surface area contributed by atoms with Crippen molar-refractivity contribution in [2.75, 3.05) is 37.7 Å². The van der Waals surface area contributed by atoms with E-state index in [2.05, 4.69) is 43.0 Å². The Hall–Kier alpha value is -1.76. The van der Waals surface area contributed by atoms with Crippen LogP contribution in [0.25, 0.3) is 0 Å². The molecular formula is C20H27F3IN5OS. The summed E-state index contributed by atoms with van der Waals surface area (Å²) >= 11 is 1.76. The number of nitrogens with zero attached hydrogens (tertiary/aromatic N) is 3. The second-order valence-electron chi connectivity index (χ2n) is 6.85. The van der Waals surface area contributed by atoms with Crippen LogP contribution in [0.2, 0.25) is 0 Å². The summed E-state index contributed by atoms with van der Waals surface area (Å²) in [5.41, 5.74) is -0.795. The zero-order valence-electron chi connectivity index (χ0n) is 17.2. The van der Waals surface area contributed by atoms with Crippen LogP contribution >= 0.6 is 35.3 Å². The predicted molar refractivity (Wildman–Crippen MR) is 129 cm³/mol. The van der Waals surface area contributed by atoms with Crippen molar-refractivity contribution < 1.29 is 17.9 Å². The van der Waals surface area contributed by atoms with Crippen molar-refractivity contribution in [1.29, 1.82) is 0 Å². The van der Waals surface area contributed by atoms with Crippen LogP contribution in [-0.2, 0) is 6.18 Å². The van der Waals surface area contributed by atoms with Crippen LogP contribution in [0.3, 0.4) is 0 Å². The summed E-state index contributed by atoms with van der Waals surface area (Å²) in [5, 5.41) is 10.1. The molecule has 0 aliphatic carbocycles. The number of pyridine rings is 1. The third-order valence-electron chi connectivity index (χ3n) is 4.67. The van der Waals surface area contributed by atoms with Gasteiger partial charge in [0.25, 0.3) is 0 Å². The monoisotopic (exact) mass is 569 g/mol. The minimum absolute atomic E-state index is 0. The lowest BCUT2D eigenvalue weighted by atomic mass is 10.1. The third kappa shape index (κ3) is 8.02. The fourth-order valence-electron chi connectivity index (χ4n) is 3.15. The number of nitrogens with one attached hydrogen (secondary N) is 2. The van der Waals surface area contributed by atoms with Gasteiger partial charge < -0.3 is 20.3 Å². The van der Waals surface area contributed by atoms with Crippen molar-refractivity contribution in [1.82, 2.24) is 15.6 Å². The Morgan fingerprint density at radius 3 is 2.65 bits per heavy atom. The number of halogens is 4. The summed E-state index contributed by atoms with van der Waals surface area (Å²) < 4.78 is 43.1. The standard InChI is InChI=1S/C20H26F3N5OS.HI/c1-2-24-19(27-16-7-10-28(11-8-16)18-4-3-13-30-18)25-9-12-29-17-6-5-15(14-26-17)20(21,22)23;/h3-6,13-14,16H,2,7-12H2,1H3,(H2,24,25,27);1H. The molecule has 2 aromatic rings. The molecular weight excluding hydrogens is 542 g/mol. The van der Waals surface area contributed by atoms with Gasteiger partial charge in [-0.3, -0.25) is 0 Å². The molecule has 2 N–H and O–H groups in total. The zero-order valence-corrected chi connectivity index (χ0v) is 20.3. The number of rotatable bonds is 7. The normalized spacial score (nSPS) is 15.4. The Balaban J connectivity index is 0.00000341. The molecule has 1 aliphatic heterocycles. The van der Waals surface area contributed by atoms with Gasteiger partial charge in [-0.05, 0) is 43.3 Å². The molecule has 2 aromatic heterocycles. The maximum Gasteiger partial charge on any atom is 0.417 e. The van der Waals surface area contributed by atoms with Gasteiger partial charge in [0.05, 0.1) is 17.1 Å². The van der Waals surface area contributed by atoms with Crippen LogP contribution in [0.5, 0.6) is 5.88 Å². The lowest BCUT2D eigenvalue weighted by molar-refractivity contribution is -0.137. The third-order valence-corrected chi connectivity index (χ3v) is 5.60. The highest BCUT2D eigenvalue weighted by Gasteiger charge is 2.30. The average molecular weight is 569 g/mol. The summed E-state index contributed by atoms with van der Waals surface area (Å²) in [4.78, 5) is 10.6. The first-order chi connectivity index (χ1) is 14.5. The first-order valence-electron chi connectivity index (χ1n) is 9.95. The van der Waals surface area contributed by atoms with Gasteiger partial charge in [0.2, 0.25) is 5.88 Å². The minimum atomic E-state index is -4.40. The van der Waals surface area contributed by atoms with E-state index in [0.29, 0.717) is 12.6 Å². The Morgan fingerprint density at radius 1 is 1.29 bits per heavy atom. The lowest BCUT2D eigenvalue weighted by Gasteiger charge is -2.33. The van der Waals surface area contributed by atoms with Crippen molar-refractivity contribution >= 4 is 46.3 Å². The van der Waals surface area contributed by atoms with Crippen LogP contribution in [0.15, 0.2) is 40.8 Å². The van der Waals surface area contributed by atoms with Crippen molar-refractivity contribution in [3.63, 3.8) is 0 Å². The largest absolute Gasteiger partial charge is 0.476 e. The summed E-state index contributed by atoms with van der Waals surface area (Å²) in [5.74, 6) is 0.869. The fourth-order valence-corrected chi connectivity index (χ4v) is 3.93. The summed E-state index contributed by atoms with van der Waals surface area (Å²) in [6, 6.07) is 6.74. The molecule has 3 heterocycles. The molecule has 0 amide bonds. The summed E-state index contributed by atoms with van der Waals surface area (Å²) in [6.07, 6.45) is -1.59. The Morgan fingerprint density at radius 2 is 2.06 bits per heavy atom. The van der Waals surface area contributed by atoms with Gasteiger partial charge in [-0.25, -0.2) is 9.98 Å². The smallest absolute Gasteiger partial charge is 0.417 e. The second kappa shape index (κ2) is 12.3. The van der Waals surface area contributed by atoms with Gasteiger partial charge in [0, 0.05) is 37.9 Å². The topological polar surface area (TPSA) is 61.8 Å². The molecule has 0 unspecified atom stereocenters. The van der Waals surface area contributed by atoms with E-state index in [-0.39, 0.29) is 36.5 Å².